The van der Waals surface area contributed by atoms with Gasteiger partial charge in [0, 0.05) is 12.8 Å². The molecule has 2 heterocycles. The second-order valence-electron chi connectivity index (χ2n) is 7.42. The fourth-order valence-corrected chi connectivity index (χ4v) is 3.60. The van der Waals surface area contributed by atoms with E-state index in [1.807, 2.05) is 24.3 Å². The van der Waals surface area contributed by atoms with Gasteiger partial charge >= 0.3 is 11.9 Å². The number of fused-ring (bicyclic) bond motifs is 2. The summed E-state index contributed by atoms with van der Waals surface area (Å²) in [5.74, 6) is -0.899. The maximum atomic E-state index is 13.1. The normalized spacial score (nSPS) is 12.1. The molecule has 170 valence electrons. The van der Waals surface area contributed by atoms with Gasteiger partial charge in [-0.25, -0.2) is 19.6 Å². The number of nitrogen functional groups attached to an aromatic ring is 1. The first kappa shape index (κ1) is 22.2. The van der Waals surface area contributed by atoms with Crippen molar-refractivity contribution in [1.29, 1.82) is 0 Å². The summed E-state index contributed by atoms with van der Waals surface area (Å²) in [6.07, 6.45) is -0.474. The van der Waals surface area contributed by atoms with Crippen molar-refractivity contribution in [2.45, 2.75) is 20.0 Å². The van der Waals surface area contributed by atoms with Crippen LogP contribution in [0.25, 0.3) is 27.9 Å². The number of methoxy groups -OCH3 is 1. The van der Waals surface area contributed by atoms with Gasteiger partial charge in [-0.15, -0.1) is 0 Å². The SMILES string of the molecule is CCOC(=O)c1ccc(-n2c(N)c(C(=O)OC(C)COC)c3nc4ccccc4nc32)cc1. The number of para-hydroxylation sites is 2. The number of nitrogens with two attached hydrogens (primary N) is 1. The molecule has 0 aliphatic carbocycles. The van der Waals surface area contributed by atoms with Crippen LogP contribution in [0.3, 0.4) is 0 Å². The highest BCUT2D eigenvalue weighted by molar-refractivity contribution is 6.09. The van der Waals surface area contributed by atoms with Crippen molar-refractivity contribution in [3.63, 3.8) is 0 Å². The van der Waals surface area contributed by atoms with Crippen LogP contribution in [0.4, 0.5) is 5.82 Å². The van der Waals surface area contributed by atoms with Crippen molar-refractivity contribution in [2.75, 3.05) is 26.1 Å². The molecule has 0 radical (unpaired) electrons. The molecule has 0 spiro atoms. The number of aromatic nitrogens is 3. The van der Waals surface area contributed by atoms with Gasteiger partial charge in [0.2, 0.25) is 0 Å². The van der Waals surface area contributed by atoms with Crippen LogP contribution >= 0.6 is 0 Å². The first-order chi connectivity index (χ1) is 15.9. The number of ether oxygens (including phenoxy) is 3. The molecule has 33 heavy (non-hydrogen) atoms. The van der Waals surface area contributed by atoms with Crippen LogP contribution in [-0.4, -0.2) is 52.9 Å². The predicted molar refractivity (Wildman–Crippen MR) is 123 cm³/mol. The Morgan fingerprint density at radius 1 is 1.03 bits per heavy atom. The van der Waals surface area contributed by atoms with E-state index in [0.717, 1.165) is 0 Å². The van der Waals surface area contributed by atoms with Gasteiger partial charge in [0.05, 0.1) is 29.8 Å². The lowest BCUT2D eigenvalue weighted by molar-refractivity contribution is 0.0123. The van der Waals surface area contributed by atoms with Gasteiger partial charge in [-0.1, -0.05) is 12.1 Å². The van der Waals surface area contributed by atoms with Crippen LogP contribution in [0, 0.1) is 0 Å². The topological polar surface area (TPSA) is 119 Å². The lowest BCUT2D eigenvalue weighted by Gasteiger charge is -2.12. The van der Waals surface area contributed by atoms with Crippen LogP contribution in [0.15, 0.2) is 48.5 Å². The summed E-state index contributed by atoms with van der Waals surface area (Å²) in [5.41, 5.74) is 9.61. The number of rotatable bonds is 7. The number of nitrogens with zero attached hydrogens (tertiary/aromatic N) is 3. The molecule has 0 aliphatic rings. The highest BCUT2D eigenvalue weighted by Crippen LogP contribution is 2.32. The van der Waals surface area contributed by atoms with E-state index in [1.165, 1.54) is 7.11 Å². The smallest absolute Gasteiger partial charge is 0.344 e. The zero-order chi connectivity index (χ0) is 23.5. The molecule has 1 atom stereocenters. The van der Waals surface area contributed by atoms with Gasteiger partial charge in [-0.3, -0.25) is 4.57 Å². The van der Waals surface area contributed by atoms with Gasteiger partial charge in [0.25, 0.3) is 0 Å². The van der Waals surface area contributed by atoms with E-state index in [-0.39, 0.29) is 24.6 Å². The molecule has 0 amide bonds. The molecule has 0 bridgehead atoms. The van der Waals surface area contributed by atoms with Gasteiger partial charge in [-0.2, -0.15) is 0 Å². The molecule has 0 saturated carbocycles. The highest BCUT2D eigenvalue weighted by atomic mass is 16.6. The summed E-state index contributed by atoms with van der Waals surface area (Å²) in [6, 6.07) is 14.0. The Bertz CT molecular complexity index is 1330. The molecule has 1 unspecified atom stereocenters. The third-order valence-corrected chi connectivity index (χ3v) is 5.05. The number of hydrogen-bond acceptors (Lipinski definition) is 8. The highest BCUT2D eigenvalue weighted by Gasteiger charge is 2.27. The summed E-state index contributed by atoms with van der Waals surface area (Å²) >= 11 is 0. The molecule has 2 N–H and O–H groups in total. The van der Waals surface area contributed by atoms with E-state index in [4.69, 9.17) is 24.9 Å². The average Bonchev–Trinajstić information content (AvgIpc) is 3.08. The van der Waals surface area contributed by atoms with Crippen LogP contribution in [0.5, 0.6) is 0 Å². The van der Waals surface area contributed by atoms with Gasteiger partial charge < -0.3 is 19.9 Å². The number of benzene rings is 2. The predicted octanol–water partition coefficient (Wildman–Crippen LogP) is 3.52. The number of hydrogen-bond donors (Lipinski definition) is 1. The Balaban J connectivity index is 1.88. The molecule has 9 heteroatoms. The number of carbonyl (C=O) groups is 2. The monoisotopic (exact) mass is 448 g/mol. The van der Waals surface area contributed by atoms with E-state index in [0.29, 0.717) is 33.4 Å². The summed E-state index contributed by atoms with van der Waals surface area (Å²) in [5, 5.41) is 0. The molecule has 4 rings (SSSR count). The van der Waals surface area contributed by atoms with Gasteiger partial charge in [0.15, 0.2) is 5.65 Å². The summed E-state index contributed by atoms with van der Waals surface area (Å²) in [7, 11) is 1.53. The van der Waals surface area contributed by atoms with E-state index < -0.39 is 18.0 Å². The van der Waals surface area contributed by atoms with E-state index >= 15 is 0 Å². The summed E-state index contributed by atoms with van der Waals surface area (Å²) < 4.78 is 17.2. The third kappa shape index (κ3) is 4.22. The lowest BCUT2D eigenvalue weighted by atomic mass is 10.2. The zero-order valence-electron chi connectivity index (χ0n) is 18.6. The van der Waals surface area contributed by atoms with Crippen molar-refractivity contribution in [2.24, 2.45) is 0 Å². The second-order valence-corrected chi connectivity index (χ2v) is 7.42. The minimum absolute atomic E-state index is 0.126. The second kappa shape index (κ2) is 9.25. The van der Waals surface area contributed by atoms with Gasteiger partial charge in [-0.05, 0) is 50.2 Å². The minimum atomic E-state index is -0.617. The molecule has 2 aromatic heterocycles. The van der Waals surface area contributed by atoms with Crippen LogP contribution in [-0.2, 0) is 14.2 Å². The molecular formula is C24H24N4O5. The van der Waals surface area contributed by atoms with E-state index in [2.05, 4.69) is 4.98 Å². The van der Waals surface area contributed by atoms with Crippen molar-refractivity contribution in [3.8, 4) is 5.69 Å². The Kier molecular flexibility index (Phi) is 6.23. The molecule has 0 fully saturated rings. The summed E-state index contributed by atoms with van der Waals surface area (Å²) in [4.78, 5) is 34.5. The Morgan fingerprint density at radius 3 is 2.33 bits per heavy atom. The number of carbonyl (C=O) groups excluding carboxylic acids is 2. The fourth-order valence-electron chi connectivity index (χ4n) is 3.60. The van der Waals surface area contributed by atoms with Crippen LogP contribution < -0.4 is 5.73 Å². The molecule has 0 saturated heterocycles. The standard InChI is InChI=1S/C24H24N4O5/c1-4-32-23(29)15-9-11-16(12-10-15)28-21(25)19(24(30)33-14(2)13-31-3)20-22(28)27-18-8-6-5-7-17(18)26-20/h5-12,14H,4,13,25H2,1-3H3. The van der Waals surface area contributed by atoms with Crippen LogP contribution in [0.1, 0.15) is 34.6 Å². The molecule has 0 aliphatic heterocycles. The third-order valence-electron chi connectivity index (χ3n) is 5.05. The van der Waals surface area contributed by atoms with Crippen LogP contribution in [0.2, 0.25) is 0 Å². The average molecular weight is 448 g/mol. The maximum Gasteiger partial charge on any atom is 0.344 e. The van der Waals surface area contributed by atoms with E-state index in [1.54, 1.807) is 42.7 Å². The minimum Gasteiger partial charge on any atom is -0.462 e. The molecule has 2 aromatic carbocycles. The lowest BCUT2D eigenvalue weighted by Crippen LogP contribution is -2.20. The Morgan fingerprint density at radius 2 is 1.70 bits per heavy atom. The fraction of sp³-hybridized carbons (Fsp3) is 0.250. The first-order valence-electron chi connectivity index (χ1n) is 10.5. The first-order valence-corrected chi connectivity index (χ1v) is 10.5. The maximum absolute atomic E-state index is 13.1. The van der Waals surface area contributed by atoms with Crippen molar-refractivity contribution < 1.29 is 23.8 Å². The zero-order valence-corrected chi connectivity index (χ0v) is 18.6. The molecule has 4 aromatic rings. The number of anilines is 1. The molecular weight excluding hydrogens is 424 g/mol. The number of esters is 2. The largest absolute Gasteiger partial charge is 0.462 e. The van der Waals surface area contributed by atoms with Crippen molar-refractivity contribution in [1.82, 2.24) is 14.5 Å². The Labute approximate surface area is 190 Å². The van der Waals surface area contributed by atoms with Crippen molar-refractivity contribution >= 4 is 40.0 Å². The van der Waals surface area contributed by atoms with E-state index in [9.17, 15) is 9.59 Å². The summed E-state index contributed by atoms with van der Waals surface area (Å²) in [6.45, 7) is 4.00. The molecule has 9 nitrogen and oxygen atoms in total. The van der Waals surface area contributed by atoms with Crippen molar-refractivity contribution in [3.05, 3.63) is 59.7 Å². The quantitative estimate of drug-likeness (QED) is 0.427. The van der Waals surface area contributed by atoms with Gasteiger partial charge in [0.1, 0.15) is 23.0 Å². The Hall–Kier alpha value is -3.98.